The lowest BCUT2D eigenvalue weighted by atomic mass is 9.88. The summed E-state index contributed by atoms with van der Waals surface area (Å²) < 4.78 is 7.00. The van der Waals surface area contributed by atoms with E-state index < -0.39 is 0 Å². The number of pyridine rings is 1. The zero-order chi connectivity index (χ0) is 22.6. The van der Waals surface area contributed by atoms with E-state index in [4.69, 9.17) is 17.0 Å². The Morgan fingerprint density at radius 3 is 2.19 bits per heavy atom. The first-order chi connectivity index (χ1) is 14.7. The summed E-state index contributed by atoms with van der Waals surface area (Å²) in [5, 5.41) is 16.7. The van der Waals surface area contributed by atoms with Gasteiger partial charge in [-0.1, -0.05) is 57.3 Å². The highest BCUT2D eigenvalue weighted by atomic mass is 32.1. The molecule has 0 atom stereocenters. The van der Waals surface area contributed by atoms with Gasteiger partial charge >= 0.3 is 0 Å². The van der Waals surface area contributed by atoms with E-state index in [2.05, 4.69) is 26.1 Å². The molecular weight excluding hydrogens is 404 g/mol. The molecule has 0 aliphatic carbocycles. The highest BCUT2D eigenvalue weighted by Gasteiger charge is 2.21. The molecule has 2 aromatic carbocycles. The van der Waals surface area contributed by atoms with Crippen molar-refractivity contribution in [3.05, 3.63) is 89.7 Å². The second-order valence-electron chi connectivity index (χ2n) is 8.47. The number of aryl methyl sites for hydroxylation is 1. The number of rotatable bonds is 5. The summed E-state index contributed by atoms with van der Waals surface area (Å²) in [5.41, 5.74) is 4.07. The van der Waals surface area contributed by atoms with Crippen molar-refractivity contribution < 1.29 is 14.4 Å². The number of nitrogens with one attached hydrogen (secondary N) is 1. The Morgan fingerprint density at radius 1 is 1.00 bits per heavy atom. The Bertz CT molecular complexity index is 1100. The zero-order valence-electron chi connectivity index (χ0n) is 18.6. The molecule has 3 rings (SSSR count). The summed E-state index contributed by atoms with van der Waals surface area (Å²) in [7, 11) is 1.60. The van der Waals surface area contributed by atoms with Crippen molar-refractivity contribution in [1.29, 1.82) is 0 Å². The molecule has 0 amide bonds. The highest BCUT2D eigenvalue weighted by Crippen LogP contribution is 2.23. The monoisotopic (exact) mass is 432 g/mol. The minimum atomic E-state index is -0.165. The number of thiocarbonyl (C=S) groups is 1. The molecule has 0 aliphatic rings. The van der Waals surface area contributed by atoms with Crippen molar-refractivity contribution in [2.24, 2.45) is 0 Å². The zero-order valence-corrected chi connectivity index (χ0v) is 19.4. The summed E-state index contributed by atoms with van der Waals surface area (Å²) in [6, 6.07) is 19.0. The number of nitrogens with zero attached hydrogens (tertiary/aromatic N) is 1. The second-order valence-corrected chi connectivity index (χ2v) is 8.88. The van der Waals surface area contributed by atoms with Crippen molar-refractivity contribution in [2.45, 2.75) is 33.1 Å². The van der Waals surface area contributed by atoms with Gasteiger partial charge in [-0.3, -0.25) is 0 Å². The van der Waals surface area contributed by atoms with Crippen LogP contribution in [0.15, 0.2) is 73.1 Å². The number of ether oxygens (including phenoxy) is 1. The standard InChI is InChI=1S/C26H28N2O2S/c1-18-7-6-8-21(17-18)27-25(31)23(24(29)19-9-11-22(30-5)12-10-19)28-15-13-20(14-16-28)26(2,3)4/h6-17H,1-5H3,(H-,27,29,31). The summed E-state index contributed by atoms with van der Waals surface area (Å²) >= 11 is 5.70. The van der Waals surface area contributed by atoms with E-state index in [1.807, 2.05) is 55.7 Å². The van der Waals surface area contributed by atoms with Crippen LogP contribution < -0.4 is 19.7 Å². The summed E-state index contributed by atoms with van der Waals surface area (Å²) in [5.74, 6) is 0.530. The smallest absolute Gasteiger partial charge is 0.238 e. The number of anilines is 1. The summed E-state index contributed by atoms with van der Waals surface area (Å²) in [6.07, 6.45) is 3.78. The normalized spacial score (nSPS) is 12.2. The van der Waals surface area contributed by atoms with Gasteiger partial charge in [0.2, 0.25) is 5.70 Å². The SMILES string of the molecule is COc1ccc(C([O-])=C(C(=S)Nc2cccc(C)c2)[n+]2ccc(C(C)(C)C)cc2)cc1. The van der Waals surface area contributed by atoms with Crippen LogP contribution >= 0.6 is 12.2 Å². The van der Waals surface area contributed by atoms with Crippen LogP contribution in [0.5, 0.6) is 5.75 Å². The molecule has 5 heteroatoms. The predicted octanol–water partition coefficient (Wildman–Crippen LogP) is 4.71. The molecule has 0 saturated heterocycles. The second kappa shape index (κ2) is 9.31. The van der Waals surface area contributed by atoms with Gasteiger partial charge in [-0.2, -0.15) is 4.57 Å². The van der Waals surface area contributed by atoms with Gasteiger partial charge in [0.05, 0.1) is 7.11 Å². The molecule has 0 spiro atoms. The molecule has 0 fully saturated rings. The van der Waals surface area contributed by atoms with Crippen LogP contribution in [0.1, 0.15) is 37.5 Å². The number of hydrogen-bond donors (Lipinski definition) is 1. The van der Waals surface area contributed by atoms with Gasteiger partial charge in [0.15, 0.2) is 17.4 Å². The van der Waals surface area contributed by atoms with Gasteiger partial charge in [0, 0.05) is 17.8 Å². The average molecular weight is 433 g/mol. The van der Waals surface area contributed by atoms with Crippen LogP contribution in [0.25, 0.3) is 11.5 Å². The van der Waals surface area contributed by atoms with Gasteiger partial charge in [-0.25, -0.2) is 0 Å². The fourth-order valence-corrected chi connectivity index (χ4v) is 3.52. The van der Waals surface area contributed by atoms with E-state index >= 15 is 0 Å². The molecule has 31 heavy (non-hydrogen) atoms. The number of aromatic nitrogens is 1. The average Bonchev–Trinajstić information content (AvgIpc) is 2.73. The van der Waals surface area contributed by atoms with Crippen LogP contribution in [0.3, 0.4) is 0 Å². The lowest BCUT2D eigenvalue weighted by Crippen LogP contribution is -2.40. The van der Waals surface area contributed by atoms with E-state index in [1.165, 1.54) is 5.56 Å². The van der Waals surface area contributed by atoms with Crippen LogP contribution in [-0.4, -0.2) is 12.1 Å². The Balaban J connectivity index is 2.07. The lowest BCUT2D eigenvalue weighted by molar-refractivity contribution is -0.577. The first-order valence-corrected chi connectivity index (χ1v) is 10.6. The maximum absolute atomic E-state index is 13.5. The molecule has 0 bridgehead atoms. The summed E-state index contributed by atoms with van der Waals surface area (Å²) in [6.45, 7) is 8.48. The van der Waals surface area contributed by atoms with Gasteiger partial charge in [-0.15, -0.1) is 0 Å². The third-order valence-electron chi connectivity index (χ3n) is 5.01. The predicted molar refractivity (Wildman–Crippen MR) is 129 cm³/mol. The maximum Gasteiger partial charge on any atom is 0.238 e. The van der Waals surface area contributed by atoms with Crippen molar-refractivity contribution in [1.82, 2.24) is 0 Å². The quantitative estimate of drug-likeness (QED) is 0.274. The summed E-state index contributed by atoms with van der Waals surface area (Å²) in [4.78, 5) is 0.361. The van der Waals surface area contributed by atoms with Gasteiger partial charge in [0.25, 0.3) is 0 Å². The lowest BCUT2D eigenvalue weighted by Gasteiger charge is -2.20. The third-order valence-corrected chi connectivity index (χ3v) is 5.31. The topological polar surface area (TPSA) is 48.2 Å². The Labute approximate surface area is 189 Å². The van der Waals surface area contributed by atoms with E-state index in [9.17, 15) is 5.11 Å². The molecule has 1 N–H and O–H groups in total. The fourth-order valence-electron chi connectivity index (χ4n) is 3.21. The van der Waals surface area contributed by atoms with Crippen LogP contribution in [0, 0.1) is 6.92 Å². The number of hydrogen-bond acceptors (Lipinski definition) is 3. The van der Waals surface area contributed by atoms with Gasteiger partial charge in [-0.05, 0) is 59.1 Å². The van der Waals surface area contributed by atoms with Crippen LogP contribution in [0.4, 0.5) is 5.69 Å². The Hall–Kier alpha value is -3.18. The van der Waals surface area contributed by atoms with E-state index in [-0.39, 0.29) is 11.2 Å². The van der Waals surface area contributed by atoms with Crippen molar-refractivity contribution in [3.63, 3.8) is 0 Å². The largest absolute Gasteiger partial charge is 0.867 e. The number of benzene rings is 2. The van der Waals surface area contributed by atoms with E-state index in [1.54, 1.807) is 35.9 Å². The molecule has 1 heterocycles. The molecular formula is C26H28N2O2S. The molecule has 0 unspecified atom stereocenters. The molecule has 160 valence electrons. The van der Waals surface area contributed by atoms with Crippen molar-refractivity contribution in [3.8, 4) is 5.75 Å². The molecule has 1 aromatic heterocycles. The van der Waals surface area contributed by atoms with E-state index in [0.29, 0.717) is 22.0 Å². The molecule has 0 aliphatic heterocycles. The third kappa shape index (κ3) is 5.50. The highest BCUT2D eigenvalue weighted by molar-refractivity contribution is 7.81. The molecule has 0 radical (unpaired) electrons. The maximum atomic E-state index is 13.5. The Morgan fingerprint density at radius 2 is 1.65 bits per heavy atom. The van der Waals surface area contributed by atoms with Crippen molar-refractivity contribution in [2.75, 3.05) is 12.4 Å². The Kier molecular flexibility index (Phi) is 6.76. The minimum Gasteiger partial charge on any atom is -0.867 e. The number of methoxy groups -OCH3 is 1. The molecule has 4 nitrogen and oxygen atoms in total. The van der Waals surface area contributed by atoms with Crippen molar-refractivity contribution >= 4 is 34.3 Å². The first kappa shape index (κ1) is 22.5. The van der Waals surface area contributed by atoms with Crippen LogP contribution in [-0.2, 0) is 5.41 Å². The fraction of sp³-hybridized carbons (Fsp3) is 0.231. The van der Waals surface area contributed by atoms with Gasteiger partial charge in [0.1, 0.15) is 5.75 Å². The molecule has 0 saturated carbocycles. The minimum absolute atomic E-state index is 0.0135. The first-order valence-electron chi connectivity index (χ1n) is 10.1. The molecule has 3 aromatic rings. The van der Waals surface area contributed by atoms with Gasteiger partial charge < -0.3 is 15.2 Å². The van der Waals surface area contributed by atoms with Crippen LogP contribution in [0.2, 0.25) is 0 Å². The van der Waals surface area contributed by atoms with E-state index in [0.717, 1.165) is 11.3 Å².